The molecule has 0 radical (unpaired) electrons. The lowest BCUT2D eigenvalue weighted by molar-refractivity contribution is -0.139. The van der Waals surface area contributed by atoms with Crippen LogP contribution in [0.15, 0.2) is 24.3 Å². The molecule has 7 heteroatoms. The Balaban J connectivity index is 1.35. The molecule has 166 valence electrons. The van der Waals surface area contributed by atoms with Crippen LogP contribution in [0, 0.1) is 19.8 Å². The Kier molecular flexibility index (Phi) is 6.65. The molecule has 6 nitrogen and oxygen atoms in total. The van der Waals surface area contributed by atoms with Gasteiger partial charge in [-0.3, -0.25) is 9.59 Å². The third-order valence-electron chi connectivity index (χ3n) is 6.76. The average molecular weight is 443 g/mol. The Morgan fingerprint density at radius 1 is 0.968 bits per heavy atom. The van der Waals surface area contributed by atoms with E-state index in [9.17, 15) is 9.59 Å². The fraction of sp³-hybridized carbons (Fsp3) is 0.542. The highest BCUT2D eigenvalue weighted by molar-refractivity contribution is 6.30. The summed E-state index contributed by atoms with van der Waals surface area (Å²) in [6.45, 7) is 6.44. The highest BCUT2D eigenvalue weighted by Crippen LogP contribution is 2.28. The summed E-state index contributed by atoms with van der Waals surface area (Å²) in [6.07, 6.45) is 5.90. The third-order valence-corrected chi connectivity index (χ3v) is 7.02. The van der Waals surface area contributed by atoms with E-state index in [1.54, 1.807) is 0 Å². The molecule has 2 amide bonds. The van der Waals surface area contributed by atoms with Gasteiger partial charge in [-0.25, -0.2) is 4.68 Å². The van der Waals surface area contributed by atoms with Crippen molar-refractivity contribution in [2.24, 2.45) is 5.92 Å². The lowest BCUT2D eigenvalue weighted by Crippen LogP contribution is -2.51. The summed E-state index contributed by atoms with van der Waals surface area (Å²) < 4.78 is 1.87. The summed E-state index contributed by atoms with van der Waals surface area (Å²) in [5.41, 5.74) is 3.74. The van der Waals surface area contributed by atoms with Crippen LogP contribution < -0.4 is 0 Å². The highest BCUT2D eigenvalue weighted by atomic mass is 35.5. The standard InChI is InChI=1S/C24H31ClN4O2/c1-17-22(18(2)29(26-17)21-9-7-20(25)8-10-21)16-24(31)28-13-11-27(12-14-28)23(30)15-19-5-3-4-6-19/h7-10,19H,3-6,11-16H2,1-2H3. The molecule has 0 atom stereocenters. The van der Waals surface area contributed by atoms with Crippen molar-refractivity contribution >= 4 is 23.4 Å². The van der Waals surface area contributed by atoms with E-state index in [-0.39, 0.29) is 11.8 Å². The van der Waals surface area contributed by atoms with Crippen molar-refractivity contribution < 1.29 is 9.59 Å². The fourth-order valence-corrected chi connectivity index (χ4v) is 4.95. The maximum absolute atomic E-state index is 13.0. The monoisotopic (exact) mass is 442 g/mol. The molecule has 1 aromatic carbocycles. The first-order valence-electron chi connectivity index (χ1n) is 11.3. The lowest BCUT2D eigenvalue weighted by atomic mass is 10.0. The largest absolute Gasteiger partial charge is 0.339 e. The number of hydrogen-bond donors (Lipinski definition) is 0. The van der Waals surface area contributed by atoms with Crippen molar-refractivity contribution in [3.8, 4) is 5.69 Å². The van der Waals surface area contributed by atoms with Crippen molar-refractivity contribution in [3.63, 3.8) is 0 Å². The summed E-state index contributed by atoms with van der Waals surface area (Å²) in [5, 5.41) is 5.32. The normalized spacial score (nSPS) is 17.4. The number of aryl methyl sites for hydroxylation is 1. The van der Waals surface area contributed by atoms with E-state index in [0.717, 1.165) is 22.6 Å². The van der Waals surface area contributed by atoms with Crippen molar-refractivity contribution in [3.05, 3.63) is 46.2 Å². The van der Waals surface area contributed by atoms with Gasteiger partial charge in [-0.05, 0) is 56.9 Å². The number of carbonyl (C=O) groups is 2. The van der Waals surface area contributed by atoms with E-state index >= 15 is 0 Å². The fourth-order valence-electron chi connectivity index (χ4n) is 4.82. The van der Waals surface area contributed by atoms with Crippen LogP contribution >= 0.6 is 11.6 Å². The van der Waals surface area contributed by atoms with Gasteiger partial charge < -0.3 is 9.80 Å². The van der Waals surface area contributed by atoms with Crippen molar-refractivity contribution in [1.82, 2.24) is 19.6 Å². The second-order valence-electron chi connectivity index (χ2n) is 8.83. The minimum atomic E-state index is 0.102. The van der Waals surface area contributed by atoms with E-state index in [4.69, 9.17) is 11.6 Å². The predicted octanol–water partition coefficient (Wildman–Crippen LogP) is 3.94. The SMILES string of the molecule is Cc1nn(-c2ccc(Cl)cc2)c(C)c1CC(=O)N1CCN(C(=O)CC2CCCC2)CC1. The third kappa shape index (κ3) is 4.95. The second-order valence-corrected chi connectivity index (χ2v) is 9.27. The molecule has 0 spiro atoms. The van der Waals surface area contributed by atoms with Crippen molar-refractivity contribution in [2.75, 3.05) is 26.2 Å². The molecule has 1 saturated heterocycles. The molecule has 2 aliphatic rings. The van der Waals surface area contributed by atoms with Crippen molar-refractivity contribution in [2.45, 2.75) is 52.4 Å². The summed E-state index contributed by atoms with van der Waals surface area (Å²) >= 11 is 6.00. The number of piperazine rings is 1. The van der Waals surface area contributed by atoms with E-state index in [2.05, 4.69) is 5.10 Å². The number of hydrogen-bond acceptors (Lipinski definition) is 3. The van der Waals surface area contributed by atoms with Crippen LogP contribution in [-0.4, -0.2) is 57.6 Å². The first-order chi connectivity index (χ1) is 14.9. The summed E-state index contributed by atoms with van der Waals surface area (Å²) in [4.78, 5) is 29.4. The molecule has 0 bridgehead atoms. The molecule has 2 fully saturated rings. The zero-order valence-electron chi connectivity index (χ0n) is 18.4. The number of carbonyl (C=O) groups excluding carboxylic acids is 2. The Morgan fingerprint density at radius 2 is 1.55 bits per heavy atom. The average Bonchev–Trinajstić information content (AvgIpc) is 3.38. The number of rotatable bonds is 5. The van der Waals surface area contributed by atoms with Gasteiger partial charge in [0.05, 0.1) is 17.8 Å². The predicted molar refractivity (Wildman–Crippen MR) is 121 cm³/mol. The highest BCUT2D eigenvalue weighted by Gasteiger charge is 2.27. The maximum atomic E-state index is 13.0. The van der Waals surface area contributed by atoms with Gasteiger partial charge in [-0.2, -0.15) is 5.10 Å². The number of amides is 2. The molecule has 2 aromatic rings. The molecule has 1 aromatic heterocycles. The van der Waals surface area contributed by atoms with Crippen LogP contribution in [0.1, 0.15) is 49.1 Å². The molecule has 4 rings (SSSR count). The van der Waals surface area contributed by atoms with Gasteiger partial charge in [0.1, 0.15) is 0 Å². The van der Waals surface area contributed by atoms with Gasteiger partial charge in [0.25, 0.3) is 0 Å². The minimum Gasteiger partial charge on any atom is -0.339 e. The lowest BCUT2D eigenvalue weighted by Gasteiger charge is -2.35. The molecule has 1 aliphatic carbocycles. The first kappa shape index (κ1) is 21.9. The molecular weight excluding hydrogens is 412 g/mol. The van der Waals surface area contributed by atoms with E-state index in [0.29, 0.717) is 50.0 Å². The van der Waals surface area contributed by atoms with Gasteiger partial charge >= 0.3 is 0 Å². The van der Waals surface area contributed by atoms with Crippen molar-refractivity contribution in [1.29, 1.82) is 0 Å². The van der Waals surface area contributed by atoms with Crippen LogP contribution in [0.4, 0.5) is 0 Å². The molecule has 1 saturated carbocycles. The van der Waals surface area contributed by atoms with Crippen LogP contribution in [-0.2, 0) is 16.0 Å². The Labute approximate surface area is 189 Å². The summed E-state index contributed by atoms with van der Waals surface area (Å²) in [5.74, 6) is 0.926. The second kappa shape index (κ2) is 9.43. The molecule has 2 heterocycles. The van der Waals surface area contributed by atoms with E-state index in [1.807, 2.05) is 52.6 Å². The van der Waals surface area contributed by atoms with E-state index < -0.39 is 0 Å². The molecule has 1 aliphatic heterocycles. The minimum absolute atomic E-state index is 0.102. The molecule has 0 unspecified atom stereocenters. The van der Waals surface area contributed by atoms with Gasteiger partial charge in [0.15, 0.2) is 0 Å². The van der Waals surface area contributed by atoms with Crippen LogP contribution in [0.5, 0.6) is 0 Å². The smallest absolute Gasteiger partial charge is 0.227 e. The van der Waals surface area contributed by atoms with Gasteiger partial charge in [-0.15, -0.1) is 0 Å². The van der Waals surface area contributed by atoms with Gasteiger partial charge in [0.2, 0.25) is 11.8 Å². The van der Waals surface area contributed by atoms with Crippen LogP contribution in [0.3, 0.4) is 0 Å². The summed E-state index contributed by atoms with van der Waals surface area (Å²) in [6, 6.07) is 7.53. The summed E-state index contributed by atoms with van der Waals surface area (Å²) in [7, 11) is 0. The topological polar surface area (TPSA) is 58.4 Å². The number of aromatic nitrogens is 2. The number of benzene rings is 1. The van der Waals surface area contributed by atoms with Crippen LogP contribution in [0.25, 0.3) is 5.69 Å². The quantitative estimate of drug-likeness (QED) is 0.704. The molecule has 0 N–H and O–H groups in total. The van der Waals surface area contributed by atoms with Gasteiger partial charge in [0, 0.05) is 48.9 Å². The zero-order valence-corrected chi connectivity index (χ0v) is 19.2. The van der Waals surface area contributed by atoms with Crippen LogP contribution in [0.2, 0.25) is 5.02 Å². The first-order valence-corrected chi connectivity index (χ1v) is 11.7. The maximum Gasteiger partial charge on any atom is 0.227 e. The Bertz CT molecular complexity index is 939. The number of nitrogens with zero attached hydrogens (tertiary/aromatic N) is 4. The Hall–Kier alpha value is -2.34. The van der Waals surface area contributed by atoms with Gasteiger partial charge in [-0.1, -0.05) is 24.4 Å². The van der Waals surface area contributed by atoms with E-state index in [1.165, 1.54) is 25.7 Å². The molecular formula is C24H31ClN4O2. The zero-order chi connectivity index (χ0) is 22.0. The number of halogens is 1. The Morgan fingerprint density at radius 3 is 2.16 bits per heavy atom. The molecule has 31 heavy (non-hydrogen) atoms.